The molecule has 0 fully saturated rings. The van der Waals surface area contributed by atoms with Gasteiger partial charge in [-0.15, -0.1) is 0 Å². The monoisotopic (exact) mass is 302 g/mol. The first kappa shape index (κ1) is 14.2. The zero-order valence-corrected chi connectivity index (χ0v) is 11.4. The highest BCUT2D eigenvalue weighted by molar-refractivity contribution is 6.06. The smallest absolute Gasteiger partial charge is 0.268 e. The van der Waals surface area contributed by atoms with Crippen LogP contribution in [0.25, 0.3) is 0 Å². The van der Waals surface area contributed by atoms with E-state index in [9.17, 15) is 13.6 Å². The summed E-state index contributed by atoms with van der Waals surface area (Å²) in [5.74, 6) is -1.35. The SMILES string of the molecule is O=C(Nc1ccccc1F)C1CC(c2ccc(F)cc2)=NO1. The molecule has 3 rings (SSSR count). The van der Waals surface area contributed by atoms with E-state index in [1.54, 1.807) is 18.2 Å². The Hall–Kier alpha value is -2.76. The van der Waals surface area contributed by atoms with Crippen LogP contribution >= 0.6 is 0 Å². The molecule has 0 saturated carbocycles. The third-order valence-electron chi connectivity index (χ3n) is 3.27. The zero-order chi connectivity index (χ0) is 15.5. The van der Waals surface area contributed by atoms with Crippen molar-refractivity contribution in [2.45, 2.75) is 12.5 Å². The Balaban J connectivity index is 1.65. The van der Waals surface area contributed by atoms with Crippen molar-refractivity contribution in [3.63, 3.8) is 0 Å². The number of carbonyl (C=O) groups is 1. The molecular weight excluding hydrogens is 290 g/mol. The van der Waals surface area contributed by atoms with E-state index >= 15 is 0 Å². The van der Waals surface area contributed by atoms with Gasteiger partial charge in [-0.25, -0.2) is 8.78 Å². The summed E-state index contributed by atoms with van der Waals surface area (Å²) >= 11 is 0. The molecular formula is C16H12F2N2O2. The largest absolute Gasteiger partial charge is 0.382 e. The lowest BCUT2D eigenvalue weighted by molar-refractivity contribution is -0.125. The Bertz CT molecular complexity index is 729. The van der Waals surface area contributed by atoms with Gasteiger partial charge in [0.2, 0.25) is 6.10 Å². The lowest BCUT2D eigenvalue weighted by atomic mass is 10.0. The van der Waals surface area contributed by atoms with E-state index < -0.39 is 17.8 Å². The Kier molecular flexibility index (Phi) is 3.82. The average Bonchev–Trinajstić information content (AvgIpc) is 3.00. The molecule has 0 aromatic heterocycles. The summed E-state index contributed by atoms with van der Waals surface area (Å²) in [5, 5.41) is 6.30. The fourth-order valence-corrected chi connectivity index (χ4v) is 2.11. The van der Waals surface area contributed by atoms with Gasteiger partial charge in [0.05, 0.1) is 11.4 Å². The highest BCUT2D eigenvalue weighted by Crippen LogP contribution is 2.19. The van der Waals surface area contributed by atoms with E-state index in [1.807, 2.05) is 0 Å². The molecule has 6 heteroatoms. The van der Waals surface area contributed by atoms with Crippen molar-refractivity contribution in [1.82, 2.24) is 0 Å². The van der Waals surface area contributed by atoms with E-state index in [0.717, 1.165) is 0 Å². The molecule has 0 spiro atoms. The minimum atomic E-state index is -0.834. The van der Waals surface area contributed by atoms with Gasteiger partial charge in [-0.3, -0.25) is 4.79 Å². The topological polar surface area (TPSA) is 50.7 Å². The van der Waals surface area contributed by atoms with Crippen molar-refractivity contribution < 1.29 is 18.4 Å². The third kappa shape index (κ3) is 2.95. The van der Waals surface area contributed by atoms with Crippen LogP contribution in [0.4, 0.5) is 14.5 Å². The summed E-state index contributed by atoms with van der Waals surface area (Å²) in [6.07, 6.45) is -0.592. The molecule has 1 atom stereocenters. The molecule has 1 aliphatic heterocycles. The van der Waals surface area contributed by atoms with Crippen molar-refractivity contribution in [2.75, 3.05) is 5.32 Å². The molecule has 4 nitrogen and oxygen atoms in total. The predicted octanol–water partition coefficient (Wildman–Crippen LogP) is 3.10. The fourth-order valence-electron chi connectivity index (χ4n) is 2.11. The molecule has 1 unspecified atom stereocenters. The second-order valence-electron chi connectivity index (χ2n) is 4.81. The normalized spacial score (nSPS) is 16.8. The number of anilines is 1. The number of nitrogens with one attached hydrogen (secondary N) is 1. The summed E-state index contributed by atoms with van der Waals surface area (Å²) in [7, 11) is 0. The van der Waals surface area contributed by atoms with E-state index in [2.05, 4.69) is 10.5 Å². The maximum absolute atomic E-state index is 13.5. The van der Waals surface area contributed by atoms with Crippen LogP contribution < -0.4 is 5.32 Å². The van der Waals surface area contributed by atoms with E-state index in [4.69, 9.17) is 4.84 Å². The van der Waals surface area contributed by atoms with E-state index in [0.29, 0.717) is 11.3 Å². The average molecular weight is 302 g/mol. The summed E-state index contributed by atoms with van der Waals surface area (Å²) in [5.41, 5.74) is 1.32. The van der Waals surface area contributed by atoms with Crippen LogP contribution in [-0.4, -0.2) is 17.7 Å². The summed E-state index contributed by atoms with van der Waals surface area (Å²) in [6, 6.07) is 11.6. The number of hydrogen-bond acceptors (Lipinski definition) is 3. The Labute approximate surface area is 125 Å². The lowest BCUT2D eigenvalue weighted by Crippen LogP contribution is -2.28. The van der Waals surface area contributed by atoms with Gasteiger partial charge >= 0.3 is 0 Å². The molecule has 2 aromatic carbocycles. The molecule has 112 valence electrons. The Morgan fingerprint density at radius 3 is 2.59 bits per heavy atom. The highest BCUT2D eigenvalue weighted by atomic mass is 19.1. The first-order chi connectivity index (χ1) is 10.6. The number of hydrogen-bond donors (Lipinski definition) is 1. The maximum Gasteiger partial charge on any atom is 0.268 e. The summed E-state index contributed by atoms with van der Waals surface area (Å²) in [4.78, 5) is 17.1. The van der Waals surface area contributed by atoms with Crippen molar-refractivity contribution >= 4 is 17.3 Å². The van der Waals surface area contributed by atoms with Crippen molar-refractivity contribution in [3.8, 4) is 0 Å². The predicted molar refractivity (Wildman–Crippen MR) is 77.5 cm³/mol. The maximum atomic E-state index is 13.5. The fraction of sp³-hybridized carbons (Fsp3) is 0.125. The van der Waals surface area contributed by atoms with E-state index in [1.165, 1.54) is 30.3 Å². The number of rotatable bonds is 3. The minimum Gasteiger partial charge on any atom is -0.382 e. The van der Waals surface area contributed by atoms with Gasteiger partial charge in [0.1, 0.15) is 11.6 Å². The number of nitrogens with zero attached hydrogens (tertiary/aromatic N) is 1. The van der Waals surface area contributed by atoms with Gasteiger partial charge in [0, 0.05) is 6.42 Å². The van der Waals surface area contributed by atoms with Crippen LogP contribution in [0, 0.1) is 11.6 Å². The summed E-state index contributed by atoms with van der Waals surface area (Å²) < 4.78 is 26.4. The lowest BCUT2D eigenvalue weighted by Gasteiger charge is -2.10. The van der Waals surface area contributed by atoms with Gasteiger partial charge in [-0.1, -0.05) is 29.4 Å². The van der Waals surface area contributed by atoms with Gasteiger partial charge < -0.3 is 10.2 Å². The van der Waals surface area contributed by atoms with Crippen LogP contribution in [0.5, 0.6) is 0 Å². The van der Waals surface area contributed by atoms with Gasteiger partial charge in [-0.05, 0) is 29.8 Å². The van der Waals surface area contributed by atoms with Crippen molar-refractivity contribution in [1.29, 1.82) is 0 Å². The molecule has 1 N–H and O–H groups in total. The van der Waals surface area contributed by atoms with Crippen molar-refractivity contribution in [3.05, 3.63) is 65.7 Å². The van der Waals surface area contributed by atoms with Gasteiger partial charge in [-0.2, -0.15) is 0 Å². The first-order valence-corrected chi connectivity index (χ1v) is 6.67. The van der Waals surface area contributed by atoms with Gasteiger partial charge in [0.15, 0.2) is 0 Å². The molecule has 0 aliphatic carbocycles. The number of carbonyl (C=O) groups excluding carboxylic acids is 1. The van der Waals surface area contributed by atoms with Crippen LogP contribution in [-0.2, 0) is 9.63 Å². The molecule has 1 heterocycles. The molecule has 1 aliphatic rings. The van der Waals surface area contributed by atoms with Gasteiger partial charge in [0.25, 0.3) is 5.91 Å². The summed E-state index contributed by atoms with van der Waals surface area (Å²) in [6.45, 7) is 0. The number of amides is 1. The van der Waals surface area contributed by atoms with Crippen LogP contribution in [0.3, 0.4) is 0 Å². The molecule has 0 radical (unpaired) electrons. The van der Waals surface area contributed by atoms with Crippen LogP contribution in [0.1, 0.15) is 12.0 Å². The van der Waals surface area contributed by atoms with Crippen molar-refractivity contribution in [2.24, 2.45) is 5.16 Å². The number of benzene rings is 2. The Morgan fingerprint density at radius 2 is 1.86 bits per heavy atom. The first-order valence-electron chi connectivity index (χ1n) is 6.67. The second kappa shape index (κ2) is 5.93. The standard InChI is InChI=1S/C16H12F2N2O2/c17-11-7-5-10(6-8-11)14-9-15(22-20-14)16(21)19-13-4-2-1-3-12(13)18/h1-8,15H,9H2,(H,19,21). The zero-order valence-electron chi connectivity index (χ0n) is 11.4. The quantitative estimate of drug-likeness (QED) is 0.947. The highest BCUT2D eigenvalue weighted by Gasteiger charge is 2.29. The number of halogens is 2. The number of para-hydroxylation sites is 1. The second-order valence-corrected chi connectivity index (χ2v) is 4.81. The minimum absolute atomic E-state index is 0.0892. The molecule has 22 heavy (non-hydrogen) atoms. The molecule has 1 amide bonds. The molecule has 0 bridgehead atoms. The molecule has 2 aromatic rings. The number of oxime groups is 1. The molecule has 0 saturated heterocycles. The Morgan fingerprint density at radius 1 is 1.14 bits per heavy atom. The van der Waals surface area contributed by atoms with Crippen LogP contribution in [0.15, 0.2) is 53.7 Å². The van der Waals surface area contributed by atoms with E-state index in [-0.39, 0.29) is 17.9 Å². The van der Waals surface area contributed by atoms with Crippen LogP contribution in [0.2, 0.25) is 0 Å². The third-order valence-corrected chi connectivity index (χ3v) is 3.27.